The fourth-order valence-electron chi connectivity index (χ4n) is 3.55. The average molecular weight is 348 g/mol. The zero-order chi connectivity index (χ0) is 17.8. The van der Waals surface area contributed by atoms with Crippen molar-refractivity contribution in [3.63, 3.8) is 0 Å². The fraction of sp³-hybridized carbons (Fsp3) is 0.556. The smallest absolute Gasteiger partial charge is 0.243 e. The Balaban J connectivity index is 1.59. The third kappa shape index (κ3) is 4.10. The fourth-order valence-corrected chi connectivity index (χ4v) is 3.55. The highest BCUT2D eigenvalue weighted by Gasteiger charge is 2.32. The Kier molecular flexibility index (Phi) is 5.53. The van der Waals surface area contributed by atoms with Gasteiger partial charge in [0.2, 0.25) is 11.8 Å². The van der Waals surface area contributed by atoms with Crippen LogP contribution in [0.3, 0.4) is 0 Å². The van der Waals surface area contributed by atoms with Gasteiger partial charge in [-0.15, -0.1) is 0 Å². The Hall–Kier alpha value is -2.15. The van der Waals surface area contributed by atoms with Gasteiger partial charge in [0.1, 0.15) is 11.9 Å². The number of likely N-dealkylation sites (tertiary alicyclic amines) is 1. The summed E-state index contributed by atoms with van der Waals surface area (Å²) in [5, 5.41) is 6.08. The van der Waals surface area contributed by atoms with E-state index in [-0.39, 0.29) is 24.2 Å². The number of hydrogen-bond donors (Lipinski definition) is 2. The lowest BCUT2D eigenvalue weighted by Crippen LogP contribution is -2.45. The molecule has 0 aromatic heterocycles. The second kappa shape index (κ2) is 7.82. The molecule has 25 heavy (non-hydrogen) atoms. The first-order valence-corrected chi connectivity index (χ1v) is 8.85. The van der Waals surface area contributed by atoms with Crippen LogP contribution < -0.4 is 15.5 Å². The first-order valence-electron chi connectivity index (χ1n) is 8.85. The molecule has 1 aromatic rings. The number of carbonyl (C=O) groups is 2. The van der Waals surface area contributed by atoms with Crippen LogP contribution in [0, 0.1) is 5.82 Å². The molecule has 2 amide bonds. The molecule has 7 heteroatoms. The van der Waals surface area contributed by atoms with Crippen molar-refractivity contribution in [2.45, 2.75) is 32.4 Å². The van der Waals surface area contributed by atoms with Crippen LogP contribution in [0.25, 0.3) is 0 Å². The molecule has 2 fully saturated rings. The summed E-state index contributed by atoms with van der Waals surface area (Å²) in [6.07, 6.45) is 1.52. The quantitative estimate of drug-likeness (QED) is 0.847. The van der Waals surface area contributed by atoms with Crippen LogP contribution in [0.5, 0.6) is 0 Å². The van der Waals surface area contributed by atoms with Crippen molar-refractivity contribution in [3.8, 4) is 0 Å². The zero-order valence-corrected chi connectivity index (χ0v) is 14.6. The van der Waals surface area contributed by atoms with E-state index in [1.54, 1.807) is 11.0 Å². The van der Waals surface area contributed by atoms with Crippen LogP contribution in [0.2, 0.25) is 0 Å². The summed E-state index contributed by atoms with van der Waals surface area (Å²) >= 11 is 0. The number of rotatable bonds is 4. The molecule has 3 rings (SSSR count). The molecule has 0 unspecified atom stereocenters. The topological polar surface area (TPSA) is 64.7 Å². The largest absolute Gasteiger partial charge is 0.367 e. The van der Waals surface area contributed by atoms with Gasteiger partial charge in [-0.05, 0) is 30.5 Å². The highest BCUT2D eigenvalue weighted by Crippen LogP contribution is 2.21. The summed E-state index contributed by atoms with van der Waals surface area (Å²) in [6, 6.07) is 4.70. The standard InChI is InChI=1S/C18H25FN4O2/c1-13(24)23-8-2-3-17(23)18(25)21-12-14-4-5-16(15(19)11-14)22-9-6-20-7-10-22/h4-5,11,17,20H,2-3,6-10,12H2,1H3,(H,21,25)/t17-/m0/s1. The molecule has 0 spiro atoms. The van der Waals surface area contributed by atoms with Crippen LogP contribution in [0.15, 0.2) is 18.2 Å². The number of carbonyl (C=O) groups excluding carboxylic acids is 2. The molecule has 0 radical (unpaired) electrons. The van der Waals surface area contributed by atoms with E-state index in [1.165, 1.54) is 13.0 Å². The van der Waals surface area contributed by atoms with Crippen molar-refractivity contribution >= 4 is 17.5 Å². The van der Waals surface area contributed by atoms with E-state index in [4.69, 9.17) is 0 Å². The van der Waals surface area contributed by atoms with Crippen molar-refractivity contribution in [2.24, 2.45) is 0 Å². The summed E-state index contributed by atoms with van der Waals surface area (Å²) in [4.78, 5) is 27.5. The third-order valence-corrected chi connectivity index (χ3v) is 4.90. The van der Waals surface area contributed by atoms with Crippen LogP contribution in [-0.4, -0.2) is 55.5 Å². The monoisotopic (exact) mass is 348 g/mol. The van der Waals surface area contributed by atoms with Crippen molar-refractivity contribution in [1.82, 2.24) is 15.5 Å². The SMILES string of the molecule is CC(=O)N1CCC[C@H]1C(=O)NCc1ccc(N2CCNCC2)c(F)c1. The van der Waals surface area contributed by atoms with Crippen molar-refractivity contribution in [2.75, 3.05) is 37.6 Å². The molecule has 2 aliphatic heterocycles. The van der Waals surface area contributed by atoms with Gasteiger partial charge >= 0.3 is 0 Å². The third-order valence-electron chi connectivity index (χ3n) is 4.90. The average Bonchev–Trinajstić information content (AvgIpc) is 3.11. The second-order valence-corrected chi connectivity index (χ2v) is 6.61. The number of amides is 2. The number of anilines is 1. The summed E-state index contributed by atoms with van der Waals surface area (Å²) in [6.45, 7) is 5.65. The number of piperazine rings is 1. The highest BCUT2D eigenvalue weighted by molar-refractivity contribution is 5.87. The summed E-state index contributed by atoms with van der Waals surface area (Å²) < 4.78 is 14.4. The molecule has 0 aliphatic carbocycles. The highest BCUT2D eigenvalue weighted by atomic mass is 19.1. The summed E-state index contributed by atoms with van der Waals surface area (Å²) in [7, 11) is 0. The molecule has 0 bridgehead atoms. The van der Waals surface area contributed by atoms with Crippen molar-refractivity contribution in [3.05, 3.63) is 29.6 Å². The lowest BCUT2D eigenvalue weighted by Gasteiger charge is -2.29. The Morgan fingerprint density at radius 2 is 2.04 bits per heavy atom. The number of halogens is 1. The summed E-state index contributed by atoms with van der Waals surface area (Å²) in [5.74, 6) is -0.511. The molecular weight excluding hydrogens is 323 g/mol. The van der Waals surface area contributed by atoms with E-state index >= 15 is 0 Å². The van der Waals surface area contributed by atoms with Gasteiger partial charge in [0.15, 0.2) is 0 Å². The predicted molar refractivity (Wildman–Crippen MR) is 93.7 cm³/mol. The van der Waals surface area contributed by atoms with Crippen LogP contribution >= 0.6 is 0 Å². The van der Waals surface area contributed by atoms with Gasteiger partial charge in [-0.2, -0.15) is 0 Å². The Morgan fingerprint density at radius 3 is 2.72 bits per heavy atom. The van der Waals surface area contributed by atoms with Gasteiger partial charge in [0.05, 0.1) is 5.69 Å². The van der Waals surface area contributed by atoms with Crippen molar-refractivity contribution in [1.29, 1.82) is 0 Å². The number of nitrogens with zero attached hydrogens (tertiary/aromatic N) is 2. The molecule has 2 saturated heterocycles. The van der Waals surface area contributed by atoms with Gasteiger partial charge in [-0.1, -0.05) is 6.07 Å². The second-order valence-electron chi connectivity index (χ2n) is 6.61. The molecule has 6 nitrogen and oxygen atoms in total. The minimum Gasteiger partial charge on any atom is -0.367 e. The van der Waals surface area contributed by atoms with Gasteiger partial charge in [-0.25, -0.2) is 4.39 Å². The van der Waals surface area contributed by atoms with E-state index in [1.807, 2.05) is 11.0 Å². The molecular formula is C18H25FN4O2. The van der Waals surface area contributed by atoms with E-state index < -0.39 is 6.04 Å². The number of nitrogens with one attached hydrogen (secondary N) is 2. The molecule has 2 aliphatic rings. The molecule has 2 heterocycles. The Labute approximate surface area is 147 Å². The van der Waals surface area contributed by atoms with Gasteiger partial charge in [-0.3, -0.25) is 9.59 Å². The van der Waals surface area contributed by atoms with Crippen LogP contribution in [0.1, 0.15) is 25.3 Å². The van der Waals surface area contributed by atoms with E-state index in [0.29, 0.717) is 18.7 Å². The lowest BCUT2D eigenvalue weighted by molar-refractivity contribution is -0.136. The molecule has 0 saturated carbocycles. The first-order chi connectivity index (χ1) is 12.1. The Morgan fingerprint density at radius 1 is 1.28 bits per heavy atom. The molecule has 136 valence electrons. The normalized spacial score (nSPS) is 20.6. The lowest BCUT2D eigenvalue weighted by atomic mass is 10.1. The predicted octanol–water partition coefficient (Wildman–Crippen LogP) is 0.862. The van der Waals surface area contributed by atoms with E-state index in [9.17, 15) is 14.0 Å². The van der Waals surface area contributed by atoms with Crippen LogP contribution in [0.4, 0.5) is 10.1 Å². The van der Waals surface area contributed by atoms with E-state index in [2.05, 4.69) is 10.6 Å². The minimum atomic E-state index is -0.400. The molecule has 1 aromatic carbocycles. The van der Waals surface area contributed by atoms with Crippen molar-refractivity contribution < 1.29 is 14.0 Å². The summed E-state index contributed by atoms with van der Waals surface area (Å²) in [5.41, 5.74) is 1.33. The van der Waals surface area contributed by atoms with Crippen LogP contribution in [-0.2, 0) is 16.1 Å². The van der Waals surface area contributed by atoms with E-state index in [0.717, 1.165) is 38.2 Å². The maximum absolute atomic E-state index is 14.4. The van der Waals surface area contributed by atoms with Gasteiger partial charge in [0, 0.05) is 46.2 Å². The zero-order valence-electron chi connectivity index (χ0n) is 14.6. The number of benzene rings is 1. The number of hydrogen-bond acceptors (Lipinski definition) is 4. The maximum atomic E-state index is 14.4. The van der Waals surface area contributed by atoms with Gasteiger partial charge in [0.25, 0.3) is 0 Å². The maximum Gasteiger partial charge on any atom is 0.243 e. The molecule has 1 atom stereocenters. The van der Waals surface area contributed by atoms with Gasteiger partial charge < -0.3 is 20.4 Å². The Bertz CT molecular complexity index is 646. The first kappa shape index (κ1) is 17.7. The minimum absolute atomic E-state index is 0.0796. The molecule has 2 N–H and O–H groups in total.